The smallest absolute Gasteiger partial charge is 0.325 e. The molecule has 1 aromatic heterocycles. The van der Waals surface area contributed by atoms with Crippen molar-refractivity contribution in [2.75, 3.05) is 15.5 Å². The molecule has 25 heavy (non-hydrogen) atoms. The molecule has 0 saturated carbocycles. The van der Waals surface area contributed by atoms with E-state index >= 15 is 0 Å². The second-order valence-corrected chi connectivity index (χ2v) is 7.78. The van der Waals surface area contributed by atoms with Crippen LogP contribution in [0.4, 0.5) is 20.7 Å². The number of amides is 2. The number of carbonyl (C=O) groups excluding carboxylic acids is 1. The maximum atomic E-state index is 12.3. The van der Waals surface area contributed by atoms with Crippen LogP contribution in [-0.2, 0) is 0 Å². The van der Waals surface area contributed by atoms with Gasteiger partial charge in [0.05, 0.1) is 0 Å². The van der Waals surface area contributed by atoms with E-state index in [9.17, 15) is 4.79 Å². The van der Waals surface area contributed by atoms with Gasteiger partial charge in [-0.05, 0) is 64.2 Å². The Labute approximate surface area is 152 Å². The number of benzene rings is 1. The molecule has 2 atom stereocenters. The van der Waals surface area contributed by atoms with Crippen LogP contribution in [0, 0.1) is 13.8 Å². The highest BCUT2D eigenvalue weighted by atomic mass is 32.1. The van der Waals surface area contributed by atoms with Crippen LogP contribution in [0.1, 0.15) is 44.2 Å². The lowest BCUT2D eigenvalue weighted by Crippen LogP contribution is -2.43. The van der Waals surface area contributed by atoms with Gasteiger partial charge in [-0.25, -0.2) is 4.79 Å². The highest BCUT2D eigenvalue weighted by Crippen LogP contribution is 2.32. The molecule has 3 rings (SSSR count). The molecule has 7 heteroatoms. The van der Waals surface area contributed by atoms with Gasteiger partial charge < -0.3 is 10.2 Å². The fourth-order valence-electron chi connectivity index (χ4n) is 3.29. The highest BCUT2D eigenvalue weighted by molar-refractivity contribution is 7.19. The van der Waals surface area contributed by atoms with Crippen LogP contribution in [0.15, 0.2) is 18.2 Å². The van der Waals surface area contributed by atoms with E-state index in [4.69, 9.17) is 0 Å². The normalized spacial score (nSPS) is 20.4. The first-order valence-electron chi connectivity index (χ1n) is 8.71. The monoisotopic (exact) mass is 359 g/mol. The summed E-state index contributed by atoms with van der Waals surface area (Å²) in [5.74, 6) is 0. The van der Waals surface area contributed by atoms with E-state index in [0.29, 0.717) is 17.2 Å². The van der Waals surface area contributed by atoms with Crippen LogP contribution < -0.4 is 15.5 Å². The van der Waals surface area contributed by atoms with E-state index in [2.05, 4.69) is 39.6 Å². The SMILES string of the molecule is Cc1ccc(C)c(NC(=O)Nc2nnc(N3[C@@H](C)CCC[C@@H]3C)s2)c1. The van der Waals surface area contributed by atoms with Gasteiger partial charge in [0.2, 0.25) is 10.3 Å². The molecular weight excluding hydrogens is 334 g/mol. The topological polar surface area (TPSA) is 70.1 Å². The Morgan fingerprint density at radius 1 is 1.16 bits per heavy atom. The van der Waals surface area contributed by atoms with Crippen molar-refractivity contribution < 1.29 is 4.79 Å². The summed E-state index contributed by atoms with van der Waals surface area (Å²) in [6.07, 6.45) is 3.58. The summed E-state index contributed by atoms with van der Waals surface area (Å²) >= 11 is 1.42. The molecule has 2 heterocycles. The van der Waals surface area contributed by atoms with Gasteiger partial charge in [0.15, 0.2) is 0 Å². The molecular formula is C18H25N5OS. The average molecular weight is 359 g/mol. The summed E-state index contributed by atoms with van der Waals surface area (Å²) in [5.41, 5.74) is 2.93. The van der Waals surface area contributed by atoms with E-state index in [-0.39, 0.29) is 6.03 Å². The third-order valence-corrected chi connectivity index (χ3v) is 5.54. The summed E-state index contributed by atoms with van der Waals surface area (Å²) in [6.45, 7) is 8.41. The van der Waals surface area contributed by atoms with Gasteiger partial charge in [-0.2, -0.15) is 0 Å². The highest BCUT2D eigenvalue weighted by Gasteiger charge is 2.27. The number of nitrogens with zero attached hydrogens (tertiary/aromatic N) is 3. The van der Waals surface area contributed by atoms with Crippen molar-refractivity contribution in [2.45, 2.75) is 59.0 Å². The van der Waals surface area contributed by atoms with E-state index in [0.717, 1.165) is 21.9 Å². The number of urea groups is 1. The number of aromatic nitrogens is 2. The van der Waals surface area contributed by atoms with Crippen molar-refractivity contribution in [3.8, 4) is 0 Å². The zero-order valence-corrected chi connectivity index (χ0v) is 16.0. The molecule has 2 amide bonds. The Morgan fingerprint density at radius 2 is 1.88 bits per heavy atom. The Morgan fingerprint density at radius 3 is 2.60 bits per heavy atom. The minimum atomic E-state index is -0.295. The molecule has 1 aromatic carbocycles. The Hall–Kier alpha value is -2.15. The number of piperidine rings is 1. The van der Waals surface area contributed by atoms with Crippen LogP contribution in [0.25, 0.3) is 0 Å². The van der Waals surface area contributed by atoms with Crippen LogP contribution in [-0.4, -0.2) is 28.3 Å². The summed E-state index contributed by atoms with van der Waals surface area (Å²) in [4.78, 5) is 14.6. The van der Waals surface area contributed by atoms with Crippen molar-refractivity contribution in [1.82, 2.24) is 10.2 Å². The van der Waals surface area contributed by atoms with Gasteiger partial charge in [-0.3, -0.25) is 5.32 Å². The molecule has 6 nitrogen and oxygen atoms in total. The van der Waals surface area contributed by atoms with Crippen molar-refractivity contribution in [3.05, 3.63) is 29.3 Å². The Kier molecular flexibility index (Phi) is 5.22. The summed E-state index contributed by atoms with van der Waals surface area (Å²) < 4.78 is 0. The molecule has 1 aliphatic heterocycles. The van der Waals surface area contributed by atoms with E-state index in [1.807, 2.05) is 32.0 Å². The van der Waals surface area contributed by atoms with Crippen LogP contribution in [0.3, 0.4) is 0 Å². The predicted molar refractivity (Wildman–Crippen MR) is 104 cm³/mol. The summed E-state index contributed by atoms with van der Waals surface area (Å²) in [6, 6.07) is 6.58. The van der Waals surface area contributed by atoms with Crippen molar-refractivity contribution in [2.24, 2.45) is 0 Å². The first kappa shape index (κ1) is 17.7. The first-order valence-corrected chi connectivity index (χ1v) is 9.53. The maximum absolute atomic E-state index is 12.3. The molecule has 134 valence electrons. The number of anilines is 3. The molecule has 0 spiro atoms. The van der Waals surface area contributed by atoms with E-state index in [1.165, 1.54) is 30.6 Å². The Balaban J connectivity index is 1.66. The lowest BCUT2D eigenvalue weighted by molar-refractivity contribution is 0.262. The molecule has 0 bridgehead atoms. The minimum Gasteiger partial charge on any atom is -0.341 e. The molecule has 2 aromatic rings. The number of aryl methyl sites for hydroxylation is 2. The van der Waals surface area contributed by atoms with Crippen molar-refractivity contribution in [3.63, 3.8) is 0 Å². The lowest BCUT2D eigenvalue weighted by atomic mass is 9.98. The van der Waals surface area contributed by atoms with Gasteiger partial charge in [0.25, 0.3) is 0 Å². The zero-order chi connectivity index (χ0) is 18.0. The first-order chi connectivity index (χ1) is 11.9. The van der Waals surface area contributed by atoms with Gasteiger partial charge in [0, 0.05) is 17.8 Å². The molecule has 2 N–H and O–H groups in total. The van der Waals surface area contributed by atoms with Crippen molar-refractivity contribution >= 4 is 33.3 Å². The van der Waals surface area contributed by atoms with E-state index in [1.54, 1.807) is 0 Å². The molecule has 0 radical (unpaired) electrons. The van der Waals surface area contributed by atoms with E-state index < -0.39 is 0 Å². The third-order valence-electron chi connectivity index (χ3n) is 4.69. The Bertz CT molecular complexity index is 750. The molecule has 1 aliphatic rings. The average Bonchev–Trinajstić information content (AvgIpc) is 2.98. The predicted octanol–water partition coefficient (Wildman–Crippen LogP) is 4.57. The lowest BCUT2D eigenvalue weighted by Gasteiger charge is -2.38. The number of nitrogens with one attached hydrogen (secondary N) is 2. The number of hydrogen-bond acceptors (Lipinski definition) is 5. The minimum absolute atomic E-state index is 0.295. The number of rotatable bonds is 3. The van der Waals surface area contributed by atoms with Crippen LogP contribution in [0.5, 0.6) is 0 Å². The zero-order valence-electron chi connectivity index (χ0n) is 15.2. The van der Waals surface area contributed by atoms with Gasteiger partial charge in [-0.15, -0.1) is 10.2 Å². The largest absolute Gasteiger partial charge is 0.341 e. The molecule has 1 fully saturated rings. The molecule has 1 saturated heterocycles. The fraction of sp³-hybridized carbons (Fsp3) is 0.500. The van der Waals surface area contributed by atoms with Crippen LogP contribution >= 0.6 is 11.3 Å². The standard InChI is InChI=1S/C18H25N5OS/c1-11-8-9-12(2)15(10-11)19-16(24)20-17-21-22-18(25-17)23-13(3)6-5-7-14(23)4/h8-10,13-14H,5-7H2,1-4H3,(H2,19,20,21,24)/t13-,14-/m0/s1. The molecule has 0 aliphatic carbocycles. The van der Waals surface area contributed by atoms with Gasteiger partial charge >= 0.3 is 6.03 Å². The fourth-order valence-corrected chi connectivity index (χ4v) is 4.24. The second-order valence-electron chi connectivity index (χ2n) is 6.82. The third kappa shape index (κ3) is 4.10. The van der Waals surface area contributed by atoms with Crippen molar-refractivity contribution in [1.29, 1.82) is 0 Å². The number of carbonyl (C=O) groups is 1. The quantitative estimate of drug-likeness (QED) is 0.842. The van der Waals surface area contributed by atoms with Gasteiger partial charge in [0.1, 0.15) is 0 Å². The second kappa shape index (κ2) is 7.39. The van der Waals surface area contributed by atoms with Crippen LogP contribution in [0.2, 0.25) is 0 Å². The summed E-state index contributed by atoms with van der Waals surface area (Å²) in [7, 11) is 0. The van der Waals surface area contributed by atoms with Gasteiger partial charge in [-0.1, -0.05) is 23.5 Å². The maximum Gasteiger partial charge on any atom is 0.325 e. The number of hydrogen-bond donors (Lipinski definition) is 2. The summed E-state index contributed by atoms with van der Waals surface area (Å²) in [5, 5.41) is 15.5. The molecule has 0 unspecified atom stereocenters.